The summed E-state index contributed by atoms with van der Waals surface area (Å²) in [4.78, 5) is 2.53. The van der Waals surface area contributed by atoms with Crippen molar-refractivity contribution in [3.63, 3.8) is 0 Å². The van der Waals surface area contributed by atoms with E-state index in [1.165, 1.54) is 37.9 Å². The molecule has 112 valence electrons. The number of benzene rings is 1. The van der Waals surface area contributed by atoms with Crippen molar-refractivity contribution in [2.24, 2.45) is 0 Å². The molecule has 1 aliphatic heterocycles. The third-order valence-electron chi connectivity index (χ3n) is 4.27. The van der Waals surface area contributed by atoms with E-state index in [0.29, 0.717) is 6.04 Å². The van der Waals surface area contributed by atoms with Gasteiger partial charge in [0, 0.05) is 12.6 Å². The van der Waals surface area contributed by atoms with Crippen LogP contribution in [-0.2, 0) is 6.42 Å². The number of halogens is 1. The Morgan fingerprint density at radius 3 is 2.70 bits per heavy atom. The molecule has 0 bridgehead atoms. The molecule has 1 aliphatic rings. The van der Waals surface area contributed by atoms with Gasteiger partial charge in [-0.05, 0) is 75.5 Å². The molecule has 1 saturated heterocycles. The van der Waals surface area contributed by atoms with Crippen LogP contribution in [0.1, 0.15) is 37.3 Å². The highest BCUT2D eigenvalue weighted by atomic mass is 19.1. The molecule has 1 aromatic carbocycles. The largest absolute Gasteiger partial charge is 0.314 e. The minimum atomic E-state index is -0.130. The quantitative estimate of drug-likeness (QED) is 0.860. The lowest BCUT2D eigenvalue weighted by Crippen LogP contribution is -2.43. The summed E-state index contributed by atoms with van der Waals surface area (Å²) >= 11 is 0. The Bertz CT molecular complexity index is 411. The number of rotatable bonds is 6. The molecule has 20 heavy (non-hydrogen) atoms. The van der Waals surface area contributed by atoms with Crippen LogP contribution >= 0.6 is 0 Å². The average Bonchev–Trinajstić information content (AvgIpc) is 2.45. The van der Waals surface area contributed by atoms with Crippen molar-refractivity contribution >= 4 is 0 Å². The summed E-state index contributed by atoms with van der Waals surface area (Å²) in [5, 5.41) is 3.61. The van der Waals surface area contributed by atoms with Gasteiger partial charge in [0.15, 0.2) is 0 Å². The minimum Gasteiger partial charge on any atom is -0.314 e. The van der Waals surface area contributed by atoms with Gasteiger partial charge in [0.25, 0.3) is 0 Å². The van der Waals surface area contributed by atoms with Gasteiger partial charge in [0.2, 0.25) is 0 Å². The fourth-order valence-electron chi connectivity index (χ4n) is 2.93. The second-order valence-electron chi connectivity index (χ2n) is 5.89. The van der Waals surface area contributed by atoms with Crippen molar-refractivity contribution in [2.75, 3.05) is 26.2 Å². The molecule has 0 aliphatic carbocycles. The standard InChI is InChI=1S/C17H27FN2/c1-3-9-19-17-7-11-20(12-8-17)10-6-15-4-5-16(18)13-14(15)2/h4-5,13,17,19H,3,6-12H2,1-2H3. The summed E-state index contributed by atoms with van der Waals surface area (Å²) in [6.45, 7) is 8.81. The minimum absolute atomic E-state index is 0.130. The maximum Gasteiger partial charge on any atom is 0.123 e. The second kappa shape index (κ2) is 7.75. The van der Waals surface area contributed by atoms with Crippen molar-refractivity contribution in [1.29, 1.82) is 0 Å². The van der Waals surface area contributed by atoms with E-state index in [2.05, 4.69) is 17.1 Å². The molecule has 1 aromatic rings. The molecular formula is C17H27FN2. The van der Waals surface area contributed by atoms with Gasteiger partial charge in [-0.15, -0.1) is 0 Å². The Morgan fingerprint density at radius 2 is 2.05 bits per heavy atom. The monoisotopic (exact) mass is 278 g/mol. The Labute approximate surface area is 122 Å². The number of hydrogen-bond acceptors (Lipinski definition) is 2. The smallest absolute Gasteiger partial charge is 0.123 e. The Balaban J connectivity index is 1.73. The van der Waals surface area contributed by atoms with E-state index >= 15 is 0 Å². The molecule has 1 heterocycles. The van der Waals surface area contributed by atoms with E-state index in [9.17, 15) is 4.39 Å². The maximum absolute atomic E-state index is 13.1. The van der Waals surface area contributed by atoms with Gasteiger partial charge >= 0.3 is 0 Å². The lowest BCUT2D eigenvalue weighted by molar-refractivity contribution is 0.200. The van der Waals surface area contributed by atoms with Crippen LogP contribution in [0.3, 0.4) is 0 Å². The summed E-state index contributed by atoms with van der Waals surface area (Å²) in [5.74, 6) is -0.130. The van der Waals surface area contributed by atoms with E-state index in [-0.39, 0.29) is 5.82 Å². The topological polar surface area (TPSA) is 15.3 Å². The lowest BCUT2D eigenvalue weighted by Gasteiger charge is -2.32. The van der Waals surface area contributed by atoms with E-state index in [4.69, 9.17) is 0 Å². The molecule has 1 N–H and O–H groups in total. The van der Waals surface area contributed by atoms with Crippen LogP contribution in [0.2, 0.25) is 0 Å². The first kappa shape index (κ1) is 15.5. The molecule has 0 unspecified atom stereocenters. The maximum atomic E-state index is 13.1. The van der Waals surface area contributed by atoms with Crippen LogP contribution in [0.4, 0.5) is 4.39 Å². The molecule has 0 atom stereocenters. The van der Waals surface area contributed by atoms with E-state index in [1.54, 1.807) is 12.1 Å². The predicted molar refractivity (Wildman–Crippen MR) is 82.6 cm³/mol. The number of piperidine rings is 1. The average molecular weight is 278 g/mol. The molecule has 2 rings (SSSR count). The van der Waals surface area contributed by atoms with E-state index < -0.39 is 0 Å². The van der Waals surface area contributed by atoms with E-state index in [1.807, 2.05) is 13.0 Å². The summed E-state index contributed by atoms with van der Waals surface area (Å²) in [7, 11) is 0. The van der Waals surface area contributed by atoms with Crippen molar-refractivity contribution < 1.29 is 4.39 Å². The highest BCUT2D eigenvalue weighted by molar-refractivity contribution is 5.26. The highest BCUT2D eigenvalue weighted by Gasteiger charge is 2.18. The first-order valence-electron chi connectivity index (χ1n) is 7.90. The molecule has 3 heteroatoms. The number of hydrogen-bond donors (Lipinski definition) is 1. The number of likely N-dealkylation sites (tertiary alicyclic amines) is 1. The number of nitrogens with zero attached hydrogens (tertiary/aromatic N) is 1. The van der Waals surface area contributed by atoms with Gasteiger partial charge in [0.05, 0.1) is 0 Å². The zero-order chi connectivity index (χ0) is 14.4. The zero-order valence-electron chi connectivity index (χ0n) is 12.8. The molecule has 0 aromatic heterocycles. The van der Waals surface area contributed by atoms with E-state index in [0.717, 1.165) is 25.1 Å². The molecule has 0 saturated carbocycles. The first-order valence-corrected chi connectivity index (χ1v) is 7.90. The lowest BCUT2D eigenvalue weighted by atomic mass is 10.0. The van der Waals surface area contributed by atoms with Crippen LogP contribution < -0.4 is 5.32 Å². The normalized spacial score (nSPS) is 17.6. The van der Waals surface area contributed by atoms with Crippen LogP contribution in [0, 0.1) is 12.7 Å². The summed E-state index contributed by atoms with van der Waals surface area (Å²) in [5.41, 5.74) is 2.35. The Morgan fingerprint density at radius 1 is 1.30 bits per heavy atom. The van der Waals surface area contributed by atoms with Crippen molar-refractivity contribution in [2.45, 2.75) is 45.6 Å². The van der Waals surface area contributed by atoms with Crippen molar-refractivity contribution in [3.05, 3.63) is 35.1 Å². The van der Waals surface area contributed by atoms with Gasteiger partial charge in [0.1, 0.15) is 5.82 Å². The van der Waals surface area contributed by atoms with Crippen LogP contribution in [-0.4, -0.2) is 37.1 Å². The molecule has 2 nitrogen and oxygen atoms in total. The van der Waals surface area contributed by atoms with Crippen LogP contribution in [0.25, 0.3) is 0 Å². The molecular weight excluding hydrogens is 251 g/mol. The molecule has 0 amide bonds. The third-order valence-corrected chi connectivity index (χ3v) is 4.27. The molecule has 1 fully saturated rings. The first-order chi connectivity index (χ1) is 9.69. The van der Waals surface area contributed by atoms with Gasteiger partial charge in [-0.1, -0.05) is 13.0 Å². The summed E-state index contributed by atoms with van der Waals surface area (Å²) in [6, 6.07) is 5.85. The summed E-state index contributed by atoms with van der Waals surface area (Å²) in [6.07, 6.45) is 4.74. The van der Waals surface area contributed by atoms with Gasteiger partial charge in [-0.25, -0.2) is 4.39 Å². The molecule has 0 radical (unpaired) electrons. The number of nitrogens with one attached hydrogen (secondary N) is 1. The predicted octanol–water partition coefficient (Wildman–Crippen LogP) is 3.14. The third kappa shape index (κ3) is 4.57. The van der Waals surface area contributed by atoms with Gasteiger partial charge in [-0.3, -0.25) is 0 Å². The van der Waals surface area contributed by atoms with Gasteiger partial charge in [-0.2, -0.15) is 0 Å². The van der Waals surface area contributed by atoms with Crippen LogP contribution in [0.5, 0.6) is 0 Å². The zero-order valence-corrected chi connectivity index (χ0v) is 12.8. The Kier molecular flexibility index (Phi) is 5.99. The fraction of sp³-hybridized carbons (Fsp3) is 0.647. The van der Waals surface area contributed by atoms with Gasteiger partial charge < -0.3 is 10.2 Å². The van der Waals surface area contributed by atoms with Crippen molar-refractivity contribution in [3.8, 4) is 0 Å². The SMILES string of the molecule is CCCNC1CCN(CCc2ccc(F)cc2C)CC1. The Hall–Kier alpha value is -0.930. The fourth-order valence-corrected chi connectivity index (χ4v) is 2.93. The highest BCUT2D eigenvalue weighted by Crippen LogP contribution is 2.14. The number of aryl methyl sites for hydroxylation is 1. The van der Waals surface area contributed by atoms with Crippen LogP contribution in [0.15, 0.2) is 18.2 Å². The second-order valence-corrected chi connectivity index (χ2v) is 5.89. The molecule has 0 spiro atoms. The summed E-state index contributed by atoms with van der Waals surface area (Å²) < 4.78 is 13.1. The van der Waals surface area contributed by atoms with Crippen molar-refractivity contribution in [1.82, 2.24) is 10.2 Å².